The van der Waals surface area contributed by atoms with Gasteiger partial charge in [0.25, 0.3) is 16.8 Å². The number of carbonyl (C=O) groups is 2. The summed E-state index contributed by atoms with van der Waals surface area (Å²) in [6.45, 7) is 2.28. The van der Waals surface area contributed by atoms with Gasteiger partial charge in [-0.1, -0.05) is 15.9 Å². The molecule has 0 spiro atoms. The molecule has 2 amide bonds. The van der Waals surface area contributed by atoms with Crippen LogP contribution in [0.5, 0.6) is 5.75 Å². The third kappa shape index (κ3) is 4.42. The van der Waals surface area contributed by atoms with Crippen molar-refractivity contribution < 1.29 is 19.2 Å². The first-order valence-electron chi connectivity index (χ1n) is 8.30. The van der Waals surface area contributed by atoms with E-state index in [2.05, 4.69) is 15.9 Å². The van der Waals surface area contributed by atoms with Crippen molar-refractivity contribution in [3.8, 4) is 5.75 Å². The molecule has 0 bridgehead atoms. The molecule has 2 aromatic carbocycles. The summed E-state index contributed by atoms with van der Waals surface area (Å²) in [5, 5.41) is 10.4. The number of nitro groups is 1. The molecule has 0 saturated carbocycles. The van der Waals surface area contributed by atoms with Crippen LogP contribution in [-0.2, 0) is 11.4 Å². The Balaban J connectivity index is 1.81. The van der Waals surface area contributed by atoms with E-state index in [0.29, 0.717) is 22.8 Å². The van der Waals surface area contributed by atoms with Crippen molar-refractivity contribution >= 4 is 50.6 Å². The standard InChI is InChI=1S/C19H15BrN2O5S/c1-2-21-18(23)17(28-19(21)24)10-13-9-14(20)5-8-16(13)27-11-12-3-6-15(7-4-12)22(25)26/h3-10H,2,11H2,1H3/b17-10-. The molecule has 1 saturated heterocycles. The molecule has 1 aliphatic rings. The Kier molecular flexibility index (Phi) is 6.15. The first kappa shape index (κ1) is 20.1. The van der Waals surface area contributed by atoms with Gasteiger partial charge in [0.05, 0.1) is 9.83 Å². The number of nitro benzene ring substituents is 1. The van der Waals surface area contributed by atoms with Crippen molar-refractivity contribution in [2.45, 2.75) is 13.5 Å². The quantitative estimate of drug-likeness (QED) is 0.341. The van der Waals surface area contributed by atoms with E-state index >= 15 is 0 Å². The van der Waals surface area contributed by atoms with E-state index in [1.165, 1.54) is 17.0 Å². The zero-order valence-corrected chi connectivity index (χ0v) is 17.2. The lowest BCUT2D eigenvalue weighted by Gasteiger charge is -2.11. The number of nitrogens with zero attached hydrogens (tertiary/aromatic N) is 2. The average Bonchev–Trinajstić information content (AvgIpc) is 2.94. The number of ether oxygens (including phenoxy) is 1. The molecule has 144 valence electrons. The molecule has 1 fully saturated rings. The second-order valence-electron chi connectivity index (χ2n) is 5.82. The second kappa shape index (κ2) is 8.57. The Morgan fingerprint density at radius 1 is 1.21 bits per heavy atom. The number of amides is 2. The minimum atomic E-state index is -0.458. The molecule has 0 aliphatic carbocycles. The number of hydrogen-bond donors (Lipinski definition) is 0. The molecule has 3 rings (SSSR count). The molecule has 0 unspecified atom stereocenters. The normalized spacial score (nSPS) is 15.4. The lowest BCUT2D eigenvalue weighted by Crippen LogP contribution is -2.27. The molecule has 9 heteroatoms. The maximum Gasteiger partial charge on any atom is 0.293 e. The van der Waals surface area contributed by atoms with Gasteiger partial charge in [-0.3, -0.25) is 24.6 Å². The van der Waals surface area contributed by atoms with Crippen molar-refractivity contribution in [1.82, 2.24) is 4.90 Å². The number of carbonyl (C=O) groups excluding carboxylic acids is 2. The van der Waals surface area contributed by atoms with E-state index < -0.39 is 4.92 Å². The van der Waals surface area contributed by atoms with E-state index in [1.54, 1.807) is 43.3 Å². The maximum absolute atomic E-state index is 12.3. The summed E-state index contributed by atoms with van der Waals surface area (Å²) in [4.78, 5) is 36.0. The van der Waals surface area contributed by atoms with Gasteiger partial charge in [-0.05, 0) is 60.7 Å². The summed E-state index contributed by atoms with van der Waals surface area (Å²) < 4.78 is 6.65. The molecule has 1 heterocycles. The summed E-state index contributed by atoms with van der Waals surface area (Å²) in [5.41, 5.74) is 1.43. The third-order valence-corrected chi connectivity index (χ3v) is 5.39. The van der Waals surface area contributed by atoms with Gasteiger partial charge in [-0.2, -0.15) is 0 Å². The van der Waals surface area contributed by atoms with Crippen LogP contribution in [0.25, 0.3) is 6.08 Å². The van der Waals surface area contributed by atoms with Gasteiger partial charge in [0.2, 0.25) is 0 Å². The van der Waals surface area contributed by atoms with Crippen LogP contribution in [0.1, 0.15) is 18.1 Å². The Morgan fingerprint density at radius 2 is 1.93 bits per heavy atom. The summed E-state index contributed by atoms with van der Waals surface area (Å²) in [6, 6.07) is 11.5. The number of non-ortho nitro benzene ring substituents is 1. The minimum Gasteiger partial charge on any atom is -0.488 e. The van der Waals surface area contributed by atoms with Crippen molar-refractivity contribution in [2.75, 3.05) is 6.54 Å². The summed E-state index contributed by atoms with van der Waals surface area (Å²) in [6.07, 6.45) is 1.64. The SMILES string of the molecule is CCN1C(=O)S/C(=C\c2cc(Br)ccc2OCc2ccc([N+](=O)[O-])cc2)C1=O. The van der Waals surface area contributed by atoms with Crippen LogP contribution >= 0.6 is 27.7 Å². The number of halogens is 1. The van der Waals surface area contributed by atoms with Crippen LogP contribution in [0, 0.1) is 10.1 Å². The molecule has 28 heavy (non-hydrogen) atoms. The number of hydrogen-bond acceptors (Lipinski definition) is 6. The summed E-state index contributed by atoms with van der Waals surface area (Å²) in [7, 11) is 0. The lowest BCUT2D eigenvalue weighted by atomic mass is 10.1. The molecule has 7 nitrogen and oxygen atoms in total. The average molecular weight is 463 g/mol. The monoisotopic (exact) mass is 462 g/mol. The van der Waals surface area contributed by atoms with Crippen LogP contribution < -0.4 is 4.74 Å². The fourth-order valence-electron chi connectivity index (χ4n) is 2.55. The highest BCUT2D eigenvalue weighted by Gasteiger charge is 2.33. The molecule has 0 radical (unpaired) electrons. The Morgan fingerprint density at radius 3 is 2.54 bits per heavy atom. The zero-order valence-electron chi connectivity index (χ0n) is 14.8. The Bertz CT molecular complexity index is 975. The highest BCUT2D eigenvalue weighted by Crippen LogP contribution is 2.34. The summed E-state index contributed by atoms with van der Waals surface area (Å²) >= 11 is 4.30. The van der Waals surface area contributed by atoms with Gasteiger partial charge in [0.1, 0.15) is 12.4 Å². The van der Waals surface area contributed by atoms with Gasteiger partial charge < -0.3 is 4.74 Å². The minimum absolute atomic E-state index is 0.0136. The van der Waals surface area contributed by atoms with Gasteiger partial charge in [-0.25, -0.2) is 0 Å². The topological polar surface area (TPSA) is 89.8 Å². The fraction of sp³-hybridized carbons (Fsp3) is 0.158. The Labute approximate surface area is 173 Å². The number of likely N-dealkylation sites (N-methyl/N-ethyl adjacent to an activating group) is 1. The molecule has 0 atom stereocenters. The lowest BCUT2D eigenvalue weighted by molar-refractivity contribution is -0.384. The smallest absolute Gasteiger partial charge is 0.293 e. The van der Waals surface area contributed by atoms with Crippen LogP contribution in [0.2, 0.25) is 0 Å². The van der Waals surface area contributed by atoms with Gasteiger partial charge >= 0.3 is 0 Å². The van der Waals surface area contributed by atoms with Gasteiger partial charge in [0.15, 0.2) is 0 Å². The van der Waals surface area contributed by atoms with E-state index in [0.717, 1.165) is 21.8 Å². The fourth-order valence-corrected chi connectivity index (χ4v) is 3.82. The predicted molar refractivity (Wildman–Crippen MR) is 110 cm³/mol. The van der Waals surface area contributed by atoms with E-state index in [4.69, 9.17) is 4.74 Å². The van der Waals surface area contributed by atoms with Crippen molar-refractivity contribution in [3.05, 3.63) is 73.1 Å². The number of rotatable bonds is 6. The molecular formula is C19H15BrN2O5S. The number of benzene rings is 2. The van der Waals surface area contributed by atoms with Crippen LogP contribution in [-0.4, -0.2) is 27.5 Å². The molecule has 0 N–H and O–H groups in total. The third-order valence-electron chi connectivity index (χ3n) is 3.99. The number of thioether (sulfide) groups is 1. The van der Waals surface area contributed by atoms with E-state index in [-0.39, 0.29) is 23.4 Å². The molecule has 1 aliphatic heterocycles. The summed E-state index contributed by atoms with van der Waals surface area (Å²) in [5.74, 6) is 0.212. The van der Waals surface area contributed by atoms with E-state index in [1.807, 2.05) is 0 Å². The zero-order chi connectivity index (χ0) is 20.3. The molecular weight excluding hydrogens is 448 g/mol. The van der Waals surface area contributed by atoms with Crippen LogP contribution in [0.3, 0.4) is 0 Å². The van der Waals surface area contributed by atoms with E-state index in [9.17, 15) is 19.7 Å². The first-order chi connectivity index (χ1) is 13.4. The highest BCUT2D eigenvalue weighted by molar-refractivity contribution is 9.10. The van der Waals surface area contributed by atoms with Gasteiger partial charge in [0, 0.05) is 28.7 Å². The van der Waals surface area contributed by atoms with Crippen molar-refractivity contribution in [1.29, 1.82) is 0 Å². The van der Waals surface area contributed by atoms with Crippen molar-refractivity contribution in [2.24, 2.45) is 0 Å². The predicted octanol–water partition coefficient (Wildman–Crippen LogP) is 4.99. The largest absolute Gasteiger partial charge is 0.488 e. The van der Waals surface area contributed by atoms with Crippen molar-refractivity contribution in [3.63, 3.8) is 0 Å². The van der Waals surface area contributed by atoms with Crippen LogP contribution in [0.15, 0.2) is 51.8 Å². The second-order valence-corrected chi connectivity index (χ2v) is 7.73. The Hall–Kier alpha value is -2.65. The first-order valence-corrected chi connectivity index (χ1v) is 9.91. The molecule has 0 aromatic heterocycles. The highest BCUT2D eigenvalue weighted by atomic mass is 79.9. The molecule has 2 aromatic rings. The van der Waals surface area contributed by atoms with Crippen LogP contribution in [0.4, 0.5) is 10.5 Å². The maximum atomic E-state index is 12.3. The van der Waals surface area contributed by atoms with Gasteiger partial charge in [-0.15, -0.1) is 0 Å². The number of imide groups is 1.